The minimum absolute atomic E-state index is 0.0962. The molecule has 1 aromatic heterocycles. The molecule has 1 aromatic carbocycles. The first-order valence-corrected chi connectivity index (χ1v) is 6.82. The van der Waals surface area contributed by atoms with Gasteiger partial charge in [-0.3, -0.25) is 14.9 Å². The molecule has 0 aliphatic rings. The lowest BCUT2D eigenvalue weighted by atomic mass is 9.79. The van der Waals surface area contributed by atoms with Crippen molar-refractivity contribution in [3.63, 3.8) is 0 Å². The quantitative estimate of drug-likeness (QED) is 0.677. The molecule has 0 aliphatic carbocycles. The van der Waals surface area contributed by atoms with Crippen LogP contribution < -0.4 is 0 Å². The van der Waals surface area contributed by atoms with E-state index in [1.165, 1.54) is 29.5 Å². The fourth-order valence-electron chi connectivity index (χ4n) is 2.03. The van der Waals surface area contributed by atoms with E-state index in [0.717, 1.165) is 4.88 Å². The number of non-ortho nitro benzene ring substituents is 1. The summed E-state index contributed by atoms with van der Waals surface area (Å²) in [5.74, 6) is -0.994. The number of carbonyl (C=O) groups is 1. The summed E-state index contributed by atoms with van der Waals surface area (Å²) in [4.78, 5) is 22.9. The van der Waals surface area contributed by atoms with Crippen molar-refractivity contribution < 1.29 is 14.8 Å². The van der Waals surface area contributed by atoms with Gasteiger partial charge in [-0.15, -0.1) is 11.3 Å². The Morgan fingerprint density at radius 3 is 2.70 bits per heavy atom. The Bertz CT molecular complexity index is 638. The molecule has 0 spiro atoms. The van der Waals surface area contributed by atoms with Crippen LogP contribution in [-0.4, -0.2) is 16.0 Å². The third-order valence-corrected chi connectivity index (χ3v) is 4.15. The van der Waals surface area contributed by atoms with Crippen LogP contribution in [0.5, 0.6) is 0 Å². The van der Waals surface area contributed by atoms with Gasteiger partial charge in [-0.05, 0) is 23.9 Å². The maximum absolute atomic E-state index is 11.7. The number of hydrogen-bond acceptors (Lipinski definition) is 4. The standard InChI is InChI=1S/C14H13NO4S/c1-14(13(16)17,9-12-6-3-7-20-12)10-4-2-5-11(8-10)15(18)19/h2-8H,9H2,1H3,(H,16,17). The molecule has 20 heavy (non-hydrogen) atoms. The van der Waals surface area contributed by atoms with E-state index in [9.17, 15) is 20.0 Å². The predicted molar refractivity (Wildman–Crippen MR) is 76.1 cm³/mol. The molecule has 0 amide bonds. The van der Waals surface area contributed by atoms with E-state index < -0.39 is 16.3 Å². The number of nitro benzene ring substituents is 1. The number of aliphatic carboxylic acids is 1. The Labute approximate surface area is 119 Å². The van der Waals surface area contributed by atoms with Crippen LogP contribution in [-0.2, 0) is 16.6 Å². The summed E-state index contributed by atoms with van der Waals surface area (Å²) in [6.45, 7) is 1.59. The third-order valence-electron chi connectivity index (χ3n) is 3.27. The van der Waals surface area contributed by atoms with Gasteiger partial charge in [-0.2, -0.15) is 0 Å². The molecule has 0 radical (unpaired) electrons. The predicted octanol–water partition coefficient (Wildman–Crippen LogP) is 3.24. The van der Waals surface area contributed by atoms with Crippen LogP contribution in [0.2, 0.25) is 0 Å². The summed E-state index contributed by atoms with van der Waals surface area (Å²) in [6.07, 6.45) is 0.307. The highest BCUT2D eigenvalue weighted by atomic mass is 32.1. The number of rotatable bonds is 5. The molecule has 5 nitrogen and oxygen atoms in total. The largest absolute Gasteiger partial charge is 0.481 e. The highest BCUT2D eigenvalue weighted by Crippen LogP contribution is 2.32. The second-order valence-electron chi connectivity index (χ2n) is 4.70. The first-order chi connectivity index (χ1) is 9.43. The second-order valence-corrected chi connectivity index (χ2v) is 5.73. The molecule has 1 N–H and O–H groups in total. The average Bonchev–Trinajstić information content (AvgIpc) is 2.91. The zero-order valence-corrected chi connectivity index (χ0v) is 11.6. The summed E-state index contributed by atoms with van der Waals surface area (Å²) in [5, 5.41) is 22.3. The van der Waals surface area contributed by atoms with Crippen LogP contribution in [0, 0.1) is 10.1 Å². The van der Waals surface area contributed by atoms with Crippen molar-refractivity contribution in [2.24, 2.45) is 0 Å². The van der Waals surface area contributed by atoms with E-state index in [2.05, 4.69) is 0 Å². The number of hydrogen-bond donors (Lipinski definition) is 1. The van der Waals surface area contributed by atoms with E-state index in [4.69, 9.17) is 0 Å². The number of thiophene rings is 1. The maximum Gasteiger partial charge on any atom is 0.314 e. The van der Waals surface area contributed by atoms with Gasteiger partial charge in [0, 0.05) is 23.4 Å². The van der Waals surface area contributed by atoms with Gasteiger partial charge in [0.05, 0.1) is 10.3 Å². The van der Waals surface area contributed by atoms with Crippen molar-refractivity contribution in [1.82, 2.24) is 0 Å². The molecule has 1 unspecified atom stereocenters. The Morgan fingerprint density at radius 1 is 1.40 bits per heavy atom. The normalized spacial score (nSPS) is 13.7. The van der Waals surface area contributed by atoms with Crippen LogP contribution in [0.3, 0.4) is 0 Å². The van der Waals surface area contributed by atoms with Crippen LogP contribution >= 0.6 is 11.3 Å². The Morgan fingerprint density at radius 2 is 2.15 bits per heavy atom. The summed E-state index contributed by atoms with van der Waals surface area (Å²) in [6, 6.07) is 9.55. The number of nitro groups is 1. The van der Waals surface area contributed by atoms with Gasteiger partial charge in [0.1, 0.15) is 0 Å². The lowest BCUT2D eigenvalue weighted by molar-refractivity contribution is -0.384. The van der Waals surface area contributed by atoms with Crippen molar-refractivity contribution in [2.45, 2.75) is 18.8 Å². The number of nitrogens with zero attached hydrogens (tertiary/aromatic N) is 1. The van der Waals surface area contributed by atoms with Crippen LogP contribution in [0.25, 0.3) is 0 Å². The van der Waals surface area contributed by atoms with Crippen molar-refractivity contribution in [3.05, 3.63) is 62.3 Å². The molecule has 0 aliphatic heterocycles. The summed E-state index contributed by atoms with van der Waals surface area (Å²) in [7, 11) is 0. The van der Waals surface area contributed by atoms with E-state index in [-0.39, 0.29) is 5.69 Å². The topological polar surface area (TPSA) is 80.4 Å². The second kappa shape index (κ2) is 5.42. The monoisotopic (exact) mass is 291 g/mol. The fraction of sp³-hybridized carbons (Fsp3) is 0.214. The number of carboxylic acid groups (broad SMARTS) is 1. The molecule has 0 saturated heterocycles. The van der Waals surface area contributed by atoms with E-state index >= 15 is 0 Å². The van der Waals surface area contributed by atoms with Gasteiger partial charge < -0.3 is 5.11 Å². The van der Waals surface area contributed by atoms with Crippen LogP contribution in [0.15, 0.2) is 41.8 Å². The van der Waals surface area contributed by atoms with Crippen LogP contribution in [0.1, 0.15) is 17.4 Å². The highest BCUT2D eigenvalue weighted by molar-refractivity contribution is 7.09. The Kier molecular flexibility index (Phi) is 3.85. The molecule has 2 rings (SSSR count). The lowest BCUT2D eigenvalue weighted by Gasteiger charge is -2.24. The molecule has 0 fully saturated rings. The Hall–Kier alpha value is -2.21. The zero-order valence-electron chi connectivity index (χ0n) is 10.8. The van der Waals surface area contributed by atoms with Gasteiger partial charge in [0.25, 0.3) is 5.69 Å². The maximum atomic E-state index is 11.7. The van der Waals surface area contributed by atoms with Crippen molar-refractivity contribution in [1.29, 1.82) is 0 Å². The minimum atomic E-state index is -1.18. The summed E-state index contributed by atoms with van der Waals surface area (Å²) < 4.78 is 0. The minimum Gasteiger partial charge on any atom is -0.481 e. The van der Waals surface area contributed by atoms with E-state index in [0.29, 0.717) is 12.0 Å². The van der Waals surface area contributed by atoms with Gasteiger partial charge in [-0.1, -0.05) is 18.2 Å². The van der Waals surface area contributed by atoms with E-state index in [1.54, 1.807) is 13.0 Å². The first kappa shape index (κ1) is 14.2. The third kappa shape index (κ3) is 2.70. The SMILES string of the molecule is CC(Cc1cccs1)(C(=O)O)c1cccc([N+](=O)[O-])c1. The summed E-state index contributed by atoms with van der Waals surface area (Å²) in [5.41, 5.74) is -0.842. The number of carboxylic acids is 1. The molecule has 1 atom stereocenters. The molecular formula is C14H13NO4S. The number of benzene rings is 1. The van der Waals surface area contributed by atoms with Crippen LogP contribution in [0.4, 0.5) is 5.69 Å². The zero-order chi connectivity index (χ0) is 14.8. The molecule has 2 aromatic rings. The van der Waals surface area contributed by atoms with Gasteiger partial charge in [-0.25, -0.2) is 0 Å². The Balaban J connectivity index is 2.44. The molecule has 1 heterocycles. The fourth-order valence-corrected chi connectivity index (χ4v) is 2.89. The first-order valence-electron chi connectivity index (χ1n) is 5.94. The van der Waals surface area contributed by atoms with Gasteiger partial charge in [0.2, 0.25) is 0 Å². The summed E-state index contributed by atoms with van der Waals surface area (Å²) >= 11 is 1.48. The van der Waals surface area contributed by atoms with Gasteiger partial charge in [0.15, 0.2) is 0 Å². The molecule has 6 heteroatoms. The molecule has 0 saturated carbocycles. The highest BCUT2D eigenvalue weighted by Gasteiger charge is 2.36. The molecular weight excluding hydrogens is 278 g/mol. The van der Waals surface area contributed by atoms with E-state index in [1.807, 2.05) is 17.5 Å². The van der Waals surface area contributed by atoms with Crippen molar-refractivity contribution >= 4 is 23.0 Å². The average molecular weight is 291 g/mol. The van der Waals surface area contributed by atoms with Crippen molar-refractivity contribution in [3.8, 4) is 0 Å². The van der Waals surface area contributed by atoms with Crippen molar-refractivity contribution in [2.75, 3.05) is 0 Å². The molecule has 0 bridgehead atoms. The lowest BCUT2D eigenvalue weighted by Crippen LogP contribution is -2.34. The smallest absolute Gasteiger partial charge is 0.314 e. The van der Waals surface area contributed by atoms with Gasteiger partial charge >= 0.3 is 5.97 Å². The molecule has 104 valence electrons.